The van der Waals surface area contributed by atoms with Gasteiger partial charge in [-0.25, -0.2) is 9.97 Å². The number of likely N-dealkylation sites (tertiary alicyclic amines) is 1. The Morgan fingerprint density at radius 3 is 2.76 bits per heavy atom. The molecule has 0 N–H and O–H groups in total. The minimum atomic E-state index is 0.336. The molecule has 1 atom stereocenters. The summed E-state index contributed by atoms with van der Waals surface area (Å²) in [4.78, 5) is 15.6. The molecule has 5 nitrogen and oxygen atoms in total. The molecule has 25 heavy (non-hydrogen) atoms. The van der Waals surface area contributed by atoms with Crippen LogP contribution in [0.5, 0.6) is 0 Å². The summed E-state index contributed by atoms with van der Waals surface area (Å²) < 4.78 is 6.08. The molecule has 0 aliphatic carbocycles. The highest BCUT2D eigenvalue weighted by Crippen LogP contribution is 2.42. The Kier molecular flexibility index (Phi) is 4.77. The molecule has 1 spiro atoms. The molecule has 0 saturated carbocycles. The number of ether oxygens (including phenoxy) is 1. The maximum Gasteiger partial charge on any atom is 0.128 e. The summed E-state index contributed by atoms with van der Waals surface area (Å²) in [6.07, 6.45) is 12.3. The standard InChI is InChI=1S/C20H26N4O/c1-2-4-19-22-10-17(11-23-19)12-24-13-20(14-24)8-18(25-15-20)7-16-5-3-6-21-9-16/h3,5-6,9-11,18H,2,4,7-8,12-15H2,1H3/t18-/m1/s1. The van der Waals surface area contributed by atoms with Gasteiger partial charge in [0.05, 0.1) is 12.7 Å². The highest BCUT2D eigenvalue weighted by molar-refractivity contribution is 5.12. The van der Waals surface area contributed by atoms with Gasteiger partial charge in [0.2, 0.25) is 0 Å². The van der Waals surface area contributed by atoms with Gasteiger partial charge in [-0.1, -0.05) is 13.0 Å². The minimum Gasteiger partial charge on any atom is -0.377 e. The van der Waals surface area contributed by atoms with Crippen LogP contribution in [0.2, 0.25) is 0 Å². The Hall–Kier alpha value is -1.85. The van der Waals surface area contributed by atoms with E-state index in [9.17, 15) is 0 Å². The number of hydrogen-bond donors (Lipinski definition) is 0. The zero-order chi connectivity index (χ0) is 17.1. The first-order chi connectivity index (χ1) is 12.2. The Morgan fingerprint density at radius 1 is 1.20 bits per heavy atom. The van der Waals surface area contributed by atoms with Gasteiger partial charge in [-0.2, -0.15) is 0 Å². The van der Waals surface area contributed by atoms with E-state index in [4.69, 9.17) is 4.74 Å². The number of hydrogen-bond acceptors (Lipinski definition) is 5. The van der Waals surface area contributed by atoms with E-state index >= 15 is 0 Å². The molecule has 0 unspecified atom stereocenters. The third-order valence-electron chi connectivity index (χ3n) is 5.23. The van der Waals surface area contributed by atoms with Crippen LogP contribution >= 0.6 is 0 Å². The van der Waals surface area contributed by atoms with Gasteiger partial charge in [-0.15, -0.1) is 0 Å². The SMILES string of the molecule is CCCc1ncc(CN2CC3(CO[C@H](Cc4cccnc4)C3)C2)cn1. The highest BCUT2D eigenvalue weighted by Gasteiger charge is 2.48. The molecule has 4 heterocycles. The van der Waals surface area contributed by atoms with Crippen molar-refractivity contribution >= 4 is 0 Å². The van der Waals surface area contributed by atoms with Crippen molar-refractivity contribution in [2.75, 3.05) is 19.7 Å². The molecule has 2 fully saturated rings. The average molecular weight is 338 g/mol. The van der Waals surface area contributed by atoms with E-state index in [2.05, 4.69) is 32.8 Å². The van der Waals surface area contributed by atoms with Crippen molar-refractivity contribution in [1.82, 2.24) is 19.9 Å². The van der Waals surface area contributed by atoms with Crippen LogP contribution in [0.1, 0.15) is 36.7 Å². The van der Waals surface area contributed by atoms with E-state index in [0.29, 0.717) is 11.5 Å². The summed E-state index contributed by atoms with van der Waals surface area (Å²) in [7, 11) is 0. The zero-order valence-corrected chi connectivity index (χ0v) is 14.9. The summed E-state index contributed by atoms with van der Waals surface area (Å²) in [6.45, 7) is 6.23. The number of nitrogens with zero attached hydrogens (tertiary/aromatic N) is 4. The van der Waals surface area contributed by atoms with Crippen molar-refractivity contribution in [3.63, 3.8) is 0 Å². The molecule has 2 aliphatic heterocycles. The molecule has 0 radical (unpaired) electrons. The second kappa shape index (κ2) is 7.18. The third kappa shape index (κ3) is 3.88. The fourth-order valence-electron chi connectivity index (χ4n) is 4.12. The monoisotopic (exact) mass is 338 g/mol. The molecule has 2 aliphatic rings. The summed E-state index contributed by atoms with van der Waals surface area (Å²) in [5, 5.41) is 0. The third-order valence-corrected chi connectivity index (χ3v) is 5.23. The molecule has 4 rings (SSSR count). The van der Waals surface area contributed by atoms with Crippen LogP contribution in [0.4, 0.5) is 0 Å². The van der Waals surface area contributed by atoms with Gasteiger partial charge in [0.1, 0.15) is 5.82 Å². The van der Waals surface area contributed by atoms with Crippen molar-refractivity contribution in [2.45, 2.75) is 45.3 Å². The Labute approximate surface area is 149 Å². The van der Waals surface area contributed by atoms with Crippen LogP contribution in [0.15, 0.2) is 36.9 Å². The van der Waals surface area contributed by atoms with Crippen LogP contribution in [-0.4, -0.2) is 45.7 Å². The maximum atomic E-state index is 6.08. The Balaban J connectivity index is 1.26. The first-order valence-corrected chi connectivity index (χ1v) is 9.27. The molecule has 0 aromatic carbocycles. The van der Waals surface area contributed by atoms with E-state index < -0.39 is 0 Å². The first kappa shape index (κ1) is 16.6. The number of aryl methyl sites for hydroxylation is 1. The highest BCUT2D eigenvalue weighted by atomic mass is 16.5. The lowest BCUT2D eigenvalue weighted by atomic mass is 9.77. The molecule has 5 heteroatoms. The predicted octanol–water partition coefficient (Wildman–Crippen LogP) is 2.66. The molecule has 0 amide bonds. The van der Waals surface area contributed by atoms with Crippen molar-refractivity contribution < 1.29 is 4.74 Å². The van der Waals surface area contributed by atoms with E-state index in [1.54, 1.807) is 0 Å². The first-order valence-electron chi connectivity index (χ1n) is 9.27. The van der Waals surface area contributed by atoms with Gasteiger partial charge in [0, 0.05) is 68.2 Å². The van der Waals surface area contributed by atoms with E-state index in [0.717, 1.165) is 57.7 Å². The summed E-state index contributed by atoms with van der Waals surface area (Å²) in [5.74, 6) is 0.953. The van der Waals surface area contributed by atoms with Gasteiger partial charge in [0.25, 0.3) is 0 Å². The van der Waals surface area contributed by atoms with E-state index in [1.165, 1.54) is 11.1 Å². The van der Waals surface area contributed by atoms with Crippen molar-refractivity contribution in [2.24, 2.45) is 5.41 Å². The van der Waals surface area contributed by atoms with Crippen molar-refractivity contribution in [3.8, 4) is 0 Å². The lowest BCUT2D eigenvalue weighted by Crippen LogP contribution is -2.56. The Bertz CT molecular complexity index is 683. The summed E-state index contributed by atoms with van der Waals surface area (Å²) in [5.41, 5.74) is 2.83. The lowest BCUT2D eigenvalue weighted by Gasteiger charge is -2.47. The average Bonchev–Trinajstić information content (AvgIpc) is 3.01. The van der Waals surface area contributed by atoms with Crippen molar-refractivity contribution in [1.29, 1.82) is 0 Å². The van der Waals surface area contributed by atoms with Crippen LogP contribution in [0.3, 0.4) is 0 Å². The smallest absolute Gasteiger partial charge is 0.128 e. The molecule has 0 bridgehead atoms. The number of rotatable bonds is 6. The molecule has 2 aromatic heterocycles. The van der Waals surface area contributed by atoms with Gasteiger partial charge in [-0.05, 0) is 24.5 Å². The number of pyridine rings is 1. The lowest BCUT2D eigenvalue weighted by molar-refractivity contribution is -0.0141. The predicted molar refractivity (Wildman–Crippen MR) is 96.0 cm³/mol. The minimum absolute atomic E-state index is 0.336. The molecule has 2 saturated heterocycles. The van der Waals surface area contributed by atoms with Crippen LogP contribution in [0, 0.1) is 5.41 Å². The normalized spacial score (nSPS) is 22.2. The largest absolute Gasteiger partial charge is 0.377 e. The van der Waals surface area contributed by atoms with Crippen LogP contribution in [0.25, 0.3) is 0 Å². The fourth-order valence-corrected chi connectivity index (χ4v) is 4.12. The molecule has 2 aromatic rings. The summed E-state index contributed by atoms with van der Waals surface area (Å²) in [6, 6.07) is 4.13. The maximum absolute atomic E-state index is 6.08. The second-order valence-corrected chi connectivity index (χ2v) is 7.61. The topological polar surface area (TPSA) is 51.1 Å². The van der Waals surface area contributed by atoms with Gasteiger partial charge >= 0.3 is 0 Å². The van der Waals surface area contributed by atoms with Crippen LogP contribution < -0.4 is 0 Å². The fraction of sp³-hybridized carbons (Fsp3) is 0.550. The zero-order valence-electron chi connectivity index (χ0n) is 14.9. The van der Waals surface area contributed by atoms with Crippen molar-refractivity contribution in [3.05, 3.63) is 53.9 Å². The Morgan fingerprint density at radius 2 is 2.04 bits per heavy atom. The van der Waals surface area contributed by atoms with E-state index in [1.807, 2.05) is 30.9 Å². The molecule has 132 valence electrons. The quantitative estimate of drug-likeness (QED) is 0.810. The van der Waals surface area contributed by atoms with E-state index in [-0.39, 0.29) is 0 Å². The van der Waals surface area contributed by atoms with Gasteiger partial charge < -0.3 is 4.74 Å². The molecular formula is C20H26N4O. The molecular weight excluding hydrogens is 312 g/mol. The van der Waals surface area contributed by atoms with Crippen LogP contribution in [-0.2, 0) is 24.1 Å². The second-order valence-electron chi connectivity index (χ2n) is 7.61. The number of aromatic nitrogens is 3. The van der Waals surface area contributed by atoms with Gasteiger partial charge in [-0.3, -0.25) is 9.88 Å². The van der Waals surface area contributed by atoms with Gasteiger partial charge in [0.15, 0.2) is 0 Å². The summed E-state index contributed by atoms with van der Waals surface area (Å²) >= 11 is 0.